The predicted octanol–water partition coefficient (Wildman–Crippen LogP) is 3.21. The Morgan fingerprint density at radius 1 is 1.29 bits per heavy atom. The third-order valence-electron chi connectivity index (χ3n) is 4.28. The van der Waals surface area contributed by atoms with Crippen LogP contribution in [0.1, 0.15) is 36.4 Å². The Morgan fingerprint density at radius 3 is 3.05 bits per heavy atom. The Bertz CT molecular complexity index is 757. The van der Waals surface area contributed by atoms with Crippen molar-refractivity contribution in [2.75, 3.05) is 5.32 Å². The molecule has 1 unspecified atom stereocenters. The molecular weight excluding hydrogens is 262 g/mol. The zero-order valence-electron chi connectivity index (χ0n) is 12.0. The number of nitrogens with zero attached hydrogens (tertiary/aromatic N) is 2. The van der Waals surface area contributed by atoms with Gasteiger partial charge in [0.15, 0.2) is 5.78 Å². The highest BCUT2D eigenvalue weighted by Crippen LogP contribution is 2.40. The Morgan fingerprint density at radius 2 is 2.19 bits per heavy atom. The van der Waals surface area contributed by atoms with Crippen molar-refractivity contribution in [3.63, 3.8) is 0 Å². The number of nitrogens with one attached hydrogen (secondary N) is 1. The molecule has 0 bridgehead atoms. The number of allylic oxidation sites excluding steroid dienone is 2. The van der Waals surface area contributed by atoms with Crippen LogP contribution in [0.5, 0.6) is 0 Å². The van der Waals surface area contributed by atoms with E-state index in [9.17, 15) is 4.79 Å². The van der Waals surface area contributed by atoms with Crippen molar-refractivity contribution in [3.05, 3.63) is 58.9 Å². The van der Waals surface area contributed by atoms with E-state index >= 15 is 0 Å². The van der Waals surface area contributed by atoms with Crippen LogP contribution in [0.3, 0.4) is 0 Å². The topological polar surface area (TPSA) is 46.9 Å². The fraction of sp³-hybridized carbons (Fsp3) is 0.294. The molecule has 1 aliphatic heterocycles. The Hall–Kier alpha value is -2.36. The van der Waals surface area contributed by atoms with Gasteiger partial charge in [0.2, 0.25) is 0 Å². The quantitative estimate of drug-likeness (QED) is 0.872. The maximum Gasteiger partial charge on any atom is 0.163 e. The summed E-state index contributed by atoms with van der Waals surface area (Å²) in [6, 6.07) is 10.2. The number of aryl methyl sites for hydroxylation is 1. The molecule has 0 radical (unpaired) electrons. The van der Waals surface area contributed by atoms with Gasteiger partial charge in [0, 0.05) is 23.8 Å². The first-order chi connectivity index (χ1) is 10.2. The average Bonchev–Trinajstić information content (AvgIpc) is 2.93. The molecule has 0 fully saturated rings. The van der Waals surface area contributed by atoms with Crippen LogP contribution < -0.4 is 5.32 Å². The first-order valence-electron chi connectivity index (χ1n) is 7.37. The summed E-state index contributed by atoms with van der Waals surface area (Å²) in [7, 11) is 0. The van der Waals surface area contributed by atoms with Crippen molar-refractivity contribution < 1.29 is 4.79 Å². The second-order valence-corrected chi connectivity index (χ2v) is 5.77. The lowest BCUT2D eigenvalue weighted by molar-refractivity contribution is -0.116. The van der Waals surface area contributed by atoms with E-state index in [1.54, 1.807) is 6.20 Å². The molecule has 4 nitrogen and oxygen atoms in total. The summed E-state index contributed by atoms with van der Waals surface area (Å²) in [6.07, 6.45) is 4.29. The van der Waals surface area contributed by atoms with Gasteiger partial charge in [-0.15, -0.1) is 0 Å². The van der Waals surface area contributed by atoms with Crippen LogP contribution >= 0.6 is 0 Å². The maximum absolute atomic E-state index is 12.5. The van der Waals surface area contributed by atoms with E-state index in [2.05, 4.69) is 35.5 Å². The number of hydrogen-bond donors (Lipinski definition) is 1. The SMILES string of the molecule is Cc1cccc(C2C3=C(CCCC3=O)Nc3ccnn32)c1. The lowest BCUT2D eigenvalue weighted by Crippen LogP contribution is -2.31. The summed E-state index contributed by atoms with van der Waals surface area (Å²) in [5.74, 6) is 1.21. The minimum atomic E-state index is -0.0982. The van der Waals surface area contributed by atoms with Gasteiger partial charge in [-0.1, -0.05) is 29.8 Å². The van der Waals surface area contributed by atoms with E-state index in [1.165, 1.54) is 5.56 Å². The molecule has 2 aliphatic rings. The van der Waals surface area contributed by atoms with Crippen LogP contribution in [-0.4, -0.2) is 15.6 Å². The molecule has 0 saturated heterocycles. The van der Waals surface area contributed by atoms with Crippen molar-refractivity contribution >= 4 is 11.6 Å². The minimum Gasteiger partial charge on any atom is -0.343 e. The number of Topliss-reactive ketones (excluding diaryl/α,β-unsaturated/α-hetero) is 1. The van der Waals surface area contributed by atoms with Crippen molar-refractivity contribution in [1.82, 2.24) is 9.78 Å². The highest BCUT2D eigenvalue weighted by atomic mass is 16.1. The summed E-state index contributed by atoms with van der Waals surface area (Å²) in [5.41, 5.74) is 4.29. The third kappa shape index (κ3) is 1.90. The van der Waals surface area contributed by atoms with Gasteiger partial charge in [0.25, 0.3) is 0 Å². The number of carbonyl (C=O) groups excluding carboxylic acids is 1. The largest absolute Gasteiger partial charge is 0.343 e. The number of hydrogen-bond acceptors (Lipinski definition) is 3. The third-order valence-corrected chi connectivity index (χ3v) is 4.28. The number of rotatable bonds is 1. The molecule has 4 rings (SSSR count). The number of anilines is 1. The maximum atomic E-state index is 12.5. The highest BCUT2D eigenvalue weighted by molar-refractivity contribution is 5.99. The molecule has 1 N–H and O–H groups in total. The normalized spacial score (nSPS) is 20.8. The lowest BCUT2D eigenvalue weighted by atomic mass is 9.85. The summed E-state index contributed by atoms with van der Waals surface area (Å²) >= 11 is 0. The van der Waals surface area contributed by atoms with Crippen molar-refractivity contribution in [2.24, 2.45) is 0 Å². The van der Waals surface area contributed by atoms with Gasteiger partial charge in [-0.3, -0.25) is 4.79 Å². The van der Waals surface area contributed by atoms with E-state index in [0.717, 1.165) is 35.5 Å². The molecule has 0 saturated carbocycles. The predicted molar refractivity (Wildman–Crippen MR) is 81.1 cm³/mol. The molecule has 2 aromatic rings. The second-order valence-electron chi connectivity index (χ2n) is 5.77. The van der Waals surface area contributed by atoms with Gasteiger partial charge in [-0.2, -0.15) is 5.10 Å². The Balaban J connectivity index is 1.93. The average molecular weight is 279 g/mol. The summed E-state index contributed by atoms with van der Waals surface area (Å²) in [6.45, 7) is 2.08. The molecule has 0 amide bonds. The first kappa shape index (κ1) is 12.4. The van der Waals surface area contributed by atoms with Crippen molar-refractivity contribution in [2.45, 2.75) is 32.2 Å². The minimum absolute atomic E-state index is 0.0982. The molecule has 1 aliphatic carbocycles. The molecule has 1 aromatic carbocycles. The highest BCUT2D eigenvalue weighted by Gasteiger charge is 2.35. The molecule has 21 heavy (non-hydrogen) atoms. The van der Waals surface area contributed by atoms with Crippen molar-refractivity contribution in [1.29, 1.82) is 0 Å². The van der Waals surface area contributed by atoms with Crippen LogP contribution in [0.25, 0.3) is 0 Å². The molecule has 4 heteroatoms. The molecule has 0 spiro atoms. The Labute approximate surface area is 123 Å². The van der Waals surface area contributed by atoms with Crippen LogP contribution in [0.4, 0.5) is 5.82 Å². The fourth-order valence-corrected chi connectivity index (χ4v) is 3.35. The van der Waals surface area contributed by atoms with Crippen molar-refractivity contribution in [3.8, 4) is 0 Å². The zero-order chi connectivity index (χ0) is 14.4. The van der Waals surface area contributed by atoms with Gasteiger partial charge in [0.1, 0.15) is 11.9 Å². The summed E-state index contributed by atoms with van der Waals surface area (Å²) < 4.78 is 1.93. The monoisotopic (exact) mass is 279 g/mol. The summed E-state index contributed by atoms with van der Waals surface area (Å²) in [5, 5.41) is 7.82. The molecule has 106 valence electrons. The number of carbonyl (C=O) groups is 1. The van der Waals surface area contributed by atoms with Crippen LogP contribution in [0, 0.1) is 6.92 Å². The van der Waals surface area contributed by atoms with Gasteiger partial charge < -0.3 is 5.32 Å². The van der Waals surface area contributed by atoms with E-state index in [4.69, 9.17) is 0 Å². The molecular formula is C17H17N3O. The van der Waals surface area contributed by atoms with Gasteiger partial charge in [0.05, 0.1) is 6.20 Å². The van der Waals surface area contributed by atoms with E-state index < -0.39 is 0 Å². The second kappa shape index (κ2) is 4.58. The fourth-order valence-electron chi connectivity index (χ4n) is 3.35. The number of benzene rings is 1. The van der Waals surface area contributed by atoms with Crippen LogP contribution in [0.15, 0.2) is 47.8 Å². The van der Waals surface area contributed by atoms with Crippen LogP contribution in [-0.2, 0) is 4.79 Å². The van der Waals surface area contributed by atoms with Gasteiger partial charge in [-0.05, 0) is 25.3 Å². The number of fused-ring (bicyclic) bond motifs is 1. The molecule has 1 aromatic heterocycles. The lowest BCUT2D eigenvalue weighted by Gasteiger charge is -2.33. The van der Waals surface area contributed by atoms with E-state index in [1.807, 2.05) is 16.8 Å². The Kier molecular flexibility index (Phi) is 2.70. The van der Waals surface area contributed by atoms with Gasteiger partial charge in [-0.25, -0.2) is 4.68 Å². The van der Waals surface area contributed by atoms with E-state index in [0.29, 0.717) is 6.42 Å². The van der Waals surface area contributed by atoms with E-state index in [-0.39, 0.29) is 11.8 Å². The smallest absolute Gasteiger partial charge is 0.163 e. The van der Waals surface area contributed by atoms with Gasteiger partial charge >= 0.3 is 0 Å². The number of aromatic nitrogens is 2. The van der Waals surface area contributed by atoms with Crippen LogP contribution in [0.2, 0.25) is 0 Å². The zero-order valence-corrected chi connectivity index (χ0v) is 12.0. The molecule has 1 atom stereocenters. The molecule has 2 heterocycles. The summed E-state index contributed by atoms with van der Waals surface area (Å²) in [4.78, 5) is 12.5. The number of ketones is 1. The standard InChI is InChI=1S/C17H17N3O/c1-11-4-2-5-12(10-11)17-16-13(6-3-7-14(16)21)19-15-8-9-18-20(15)17/h2,4-5,8-10,17,19H,3,6-7H2,1H3. The first-order valence-corrected chi connectivity index (χ1v) is 7.37.